The first kappa shape index (κ1) is 9.72. The van der Waals surface area contributed by atoms with Gasteiger partial charge in [0.25, 0.3) is 0 Å². The van der Waals surface area contributed by atoms with Crippen LogP contribution in [0.4, 0.5) is 0 Å². The topological polar surface area (TPSA) is 26.3 Å². The van der Waals surface area contributed by atoms with Crippen molar-refractivity contribution >= 4 is 6.29 Å². The molecule has 0 amide bonds. The second-order valence-electron chi connectivity index (χ2n) is 4.18. The molecule has 1 rings (SSSR count). The van der Waals surface area contributed by atoms with E-state index in [0.29, 0.717) is 6.61 Å². The zero-order valence-corrected chi connectivity index (χ0v) is 8.22. The molecule has 0 aromatic heterocycles. The van der Waals surface area contributed by atoms with Crippen molar-refractivity contribution in [1.29, 1.82) is 0 Å². The minimum absolute atomic E-state index is 0.0186. The number of carbonyl (C=O) groups excluding carboxylic acids is 1. The fourth-order valence-electron chi connectivity index (χ4n) is 2.12. The highest BCUT2D eigenvalue weighted by Gasteiger charge is 2.49. The van der Waals surface area contributed by atoms with Crippen molar-refractivity contribution in [1.82, 2.24) is 0 Å². The maximum absolute atomic E-state index is 11.0. The van der Waals surface area contributed by atoms with Crippen molar-refractivity contribution in [2.75, 3.05) is 6.61 Å². The van der Waals surface area contributed by atoms with Crippen LogP contribution < -0.4 is 0 Å². The van der Waals surface area contributed by atoms with Gasteiger partial charge in [-0.25, -0.2) is 0 Å². The third-order valence-electron chi connectivity index (χ3n) is 3.09. The molecular formula is C10H18O2. The molecule has 0 aromatic rings. The minimum atomic E-state index is -0.498. The highest BCUT2D eigenvalue weighted by atomic mass is 16.5. The van der Waals surface area contributed by atoms with Gasteiger partial charge in [-0.3, -0.25) is 0 Å². The van der Waals surface area contributed by atoms with Crippen molar-refractivity contribution < 1.29 is 9.53 Å². The van der Waals surface area contributed by atoms with E-state index >= 15 is 0 Å². The molecule has 12 heavy (non-hydrogen) atoms. The summed E-state index contributed by atoms with van der Waals surface area (Å²) in [6.45, 7) is 6.80. The summed E-state index contributed by atoms with van der Waals surface area (Å²) < 4.78 is 5.59. The van der Waals surface area contributed by atoms with E-state index in [1.54, 1.807) is 0 Å². The zero-order chi connectivity index (χ0) is 9.24. The minimum Gasteiger partial charge on any atom is -0.367 e. The normalized spacial score (nSPS) is 33.6. The van der Waals surface area contributed by atoms with Crippen molar-refractivity contribution in [3.63, 3.8) is 0 Å². The molecule has 2 heteroatoms. The first-order valence-corrected chi connectivity index (χ1v) is 4.68. The Balaban J connectivity index is 2.83. The van der Waals surface area contributed by atoms with Crippen LogP contribution in [0.25, 0.3) is 0 Å². The molecule has 0 bridgehead atoms. The Hall–Kier alpha value is -0.370. The molecule has 0 N–H and O–H groups in total. The van der Waals surface area contributed by atoms with Gasteiger partial charge in [0.05, 0.1) is 0 Å². The summed E-state index contributed by atoms with van der Waals surface area (Å²) in [7, 11) is 0. The molecule has 0 aromatic carbocycles. The predicted molar refractivity (Wildman–Crippen MR) is 48.1 cm³/mol. The highest BCUT2D eigenvalue weighted by Crippen LogP contribution is 2.46. The number of rotatable bonds is 3. The van der Waals surface area contributed by atoms with Crippen LogP contribution in [0.5, 0.6) is 0 Å². The number of ether oxygens (including phenoxy) is 1. The fourth-order valence-corrected chi connectivity index (χ4v) is 2.12. The van der Waals surface area contributed by atoms with E-state index in [-0.39, 0.29) is 5.41 Å². The van der Waals surface area contributed by atoms with Gasteiger partial charge in [0.1, 0.15) is 5.60 Å². The smallest absolute Gasteiger partial charge is 0.152 e. The van der Waals surface area contributed by atoms with Gasteiger partial charge in [-0.05, 0) is 26.2 Å². The Labute approximate surface area is 74.3 Å². The van der Waals surface area contributed by atoms with Crippen molar-refractivity contribution in [2.24, 2.45) is 5.41 Å². The molecule has 1 aliphatic carbocycles. The lowest BCUT2D eigenvalue weighted by Gasteiger charge is -2.36. The Bertz CT molecular complexity index is 175. The van der Waals surface area contributed by atoms with Gasteiger partial charge in [-0.15, -0.1) is 0 Å². The fraction of sp³-hybridized carbons (Fsp3) is 0.900. The lowest BCUT2D eigenvalue weighted by atomic mass is 9.78. The molecule has 1 fully saturated rings. The summed E-state index contributed by atoms with van der Waals surface area (Å²) in [6.07, 6.45) is 4.08. The molecule has 0 radical (unpaired) electrons. The molecule has 1 saturated carbocycles. The van der Waals surface area contributed by atoms with E-state index in [0.717, 1.165) is 25.5 Å². The second kappa shape index (κ2) is 3.17. The molecule has 1 aliphatic rings. The van der Waals surface area contributed by atoms with E-state index in [4.69, 9.17) is 4.74 Å². The van der Waals surface area contributed by atoms with Gasteiger partial charge in [-0.2, -0.15) is 0 Å². The zero-order valence-electron chi connectivity index (χ0n) is 8.22. The third kappa shape index (κ3) is 1.28. The quantitative estimate of drug-likeness (QED) is 0.607. The van der Waals surface area contributed by atoms with Crippen LogP contribution in [0.2, 0.25) is 0 Å². The lowest BCUT2D eigenvalue weighted by molar-refractivity contribution is -0.144. The van der Waals surface area contributed by atoms with Gasteiger partial charge in [0.15, 0.2) is 6.29 Å². The molecular weight excluding hydrogens is 152 g/mol. The van der Waals surface area contributed by atoms with Crippen molar-refractivity contribution in [3.8, 4) is 0 Å². The molecule has 0 spiro atoms. The molecule has 1 atom stereocenters. The Morgan fingerprint density at radius 2 is 2.08 bits per heavy atom. The summed E-state index contributed by atoms with van der Waals surface area (Å²) in [6, 6.07) is 0. The third-order valence-corrected chi connectivity index (χ3v) is 3.09. The highest BCUT2D eigenvalue weighted by molar-refractivity contribution is 5.65. The number of carbonyl (C=O) groups is 1. The van der Waals surface area contributed by atoms with Gasteiger partial charge in [0, 0.05) is 12.0 Å². The van der Waals surface area contributed by atoms with Gasteiger partial charge in [-0.1, -0.05) is 13.8 Å². The van der Waals surface area contributed by atoms with E-state index in [2.05, 4.69) is 13.8 Å². The van der Waals surface area contributed by atoms with E-state index in [1.165, 1.54) is 0 Å². The van der Waals surface area contributed by atoms with Gasteiger partial charge >= 0.3 is 0 Å². The maximum atomic E-state index is 11.0. The summed E-state index contributed by atoms with van der Waals surface area (Å²) >= 11 is 0. The van der Waals surface area contributed by atoms with Crippen molar-refractivity contribution in [2.45, 2.75) is 45.6 Å². The lowest BCUT2D eigenvalue weighted by Crippen LogP contribution is -2.44. The summed E-state index contributed by atoms with van der Waals surface area (Å²) in [5.41, 5.74) is -0.480. The van der Waals surface area contributed by atoms with E-state index in [1.807, 2.05) is 6.92 Å². The summed E-state index contributed by atoms with van der Waals surface area (Å²) in [4.78, 5) is 11.0. The maximum Gasteiger partial charge on any atom is 0.152 e. The molecule has 1 unspecified atom stereocenters. The molecule has 0 saturated heterocycles. The van der Waals surface area contributed by atoms with Crippen LogP contribution in [0.1, 0.15) is 40.0 Å². The van der Waals surface area contributed by atoms with Crippen LogP contribution in [0.3, 0.4) is 0 Å². The number of hydrogen-bond acceptors (Lipinski definition) is 2. The summed E-state index contributed by atoms with van der Waals surface area (Å²) in [5, 5.41) is 0. The molecule has 0 aliphatic heterocycles. The van der Waals surface area contributed by atoms with Crippen molar-refractivity contribution in [3.05, 3.63) is 0 Å². The largest absolute Gasteiger partial charge is 0.367 e. The number of hydrogen-bond donors (Lipinski definition) is 0. The second-order valence-corrected chi connectivity index (χ2v) is 4.18. The summed E-state index contributed by atoms with van der Waals surface area (Å²) in [5.74, 6) is 0. The van der Waals surface area contributed by atoms with Gasteiger partial charge in [0.2, 0.25) is 0 Å². The molecule has 0 heterocycles. The SMILES string of the molecule is CCOC1(C=O)CCCC1(C)C. The first-order chi connectivity index (χ1) is 5.58. The predicted octanol–water partition coefficient (Wildman–Crippen LogP) is 2.17. The van der Waals surface area contributed by atoms with Gasteiger partial charge < -0.3 is 9.53 Å². The molecule has 70 valence electrons. The monoisotopic (exact) mass is 170 g/mol. The Morgan fingerprint density at radius 1 is 1.42 bits per heavy atom. The standard InChI is InChI=1S/C10H18O2/c1-4-12-10(8-11)7-5-6-9(10,2)3/h8H,4-7H2,1-3H3. The average molecular weight is 170 g/mol. The first-order valence-electron chi connectivity index (χ1n) is 4.68. The van der Waals surface area contributed by atoms with Crippen LogP contribution in [-0.2, 0) is 9.53 Å². The van der Waals surface area contributed by atoms with E-state index in [9.17, 15) is 4.79 Å². The van der Waals surface area contributed by atoms with Crippen LogP contribution in [0, 0.1) is 5.41 Å². The van der Waals surface area contributed by atoms with E-state index < -0.39 is 5.60 Å². The Morgan fingerprint density at radius 3 is 2.42 bits per heavy atom. The number of aldehydes is 1. The van der Waals surface area contributed by atoms with Crippen LogP contribution in [0.15, 0.2) is 0 Å². The Kier molecular flexibility index (Phi) is 2.57. The molecule has 2 nitrogen and oxygen atoms in total. The average Bonchev–Trinajstić information content (AvgIpc) is 2.29. The van der Waals surface area contributed by atoms with Crippen LogP contribution >= 0.6 is 0 Å². The van der Waals surface area contributed by atoms with Crippen LogP contribution in [-0.4, -0.2) is 18.5 Å².